The van der Waals surface area contributed by atoms with Crippen LogP contribution in [0.5, 0.6) is 0 Å². The van der Waals surface area contributed by atoms with Crippen LogP contribution in [-0.4, -0.2) is 59.3 Å². The molecule has 1 saturated heterocycles. The van der Waals surface area contributed by atoms with Crippen LogP contribution < -0.4 is 10.5 Å². The normalized spacial score (nSPS) is 16.6. The number of aliphatic hydroxyl groups excluding tert-OH is 1. The van der Waals surface area contributed by atoms with Gasteiger partial charge in [-0.3, -0.25) is 9.69 Å². The number of nitrogens with zero attached hydrogens (tertiary/aromatic N) is 3. The van der Waals surface area contributed by atoms with Crippen LogP contribution in [0.3, 0.4) is 0 Å². The number of hydrogen-bond acceptors (Lipinski definition) is 5. The smallest absolute Gasteiger partial charge is 0.291 e. The van der Waals surface area contributed by atoms with Crippen LogP contribution in [0.4, 0.5) is 5.82 Å². The van der Waals surface area contributed by atoms with E-state index in [0.29, 0.717) is 12.4 Å². The number of benzene rings is 1. The molecule has 21 heavy (non-hydrogen) atoms. The first-order valence-corrected chi connectivity index (χ1v) is 7.27. The number of aliphatic hydroxyl groups is 1. The van der Waals surface area contributed by atoms with Crippen LogP contribution in [0, 0.1) is 6.92 Å². The predicted octanol–water partition coefficient (Wildman–Crippen LogP) is 0.346. The Hall–Kier alpha value is -1.92. The standard InChI is InChI=1S/C15H20N4O2/c1-11-3-2-4-12-13(11)17-15(21)14(16-12)19-7-5-18(6-8-19)9-10-20/h2-4,20H,5-10H2,1H3,(H,17,21). The molecule has 3 rings (SSSR count). The van der Waals surface area contributed by atoms with E-state index in [1.165, 1.54) is 0 Å². The number of aryl methyl sites for hydroxylation is 1. The average Bonchev–Trinajstić information content (AvgIpc) is 2.49. The molecule has 0 spiro atoms. The second kappa shape index (κ2) is 5.83. The van der Waals surface area contributed by atoms with E-state index in [-0.39, 0.29) is 12.2 Å². The highest BCUT2D eigenvalue weighted by Crippen LogP contribution is 2.16. The van der Waals surface area contributed by atoms with E-state index in [0.717, 1.165) is 42.8 Å². The summed E-state index contributed by atoms with van der Waals surface area (Å²) in [4.78, 5) is 24.0. The second-order valence-electron chi connectivity index (χ2n) is 5.41. The Morgan fingerprint density at radius 2 is 2.05 bits per heavy atom. The molecule has 0 radical (unpaired) electrons. The molecule has 0 amide bonds. The molecule has 0 saturated carbocycles. The van der Waals surface area contributed by atoms with Gasteiger partial charge >= 0.3 is 0 Å². The van der Waals surface area contributed by atoms with Gasteiger partial charge in [0.25, 0.3) is 5.56 Å². The Morgan fingerprint density at radius 1 is 1.29 bits per heavy atom. The van der Waals surface area contributed by atoms with Crippen molar-refractivity contribution in [2.24, 2.45) is 0 Å². The number of para-hydroxylation sites is 1. The molecule has 0 unspecified atom stereocenters. The van der Waals surface area contributed by atoms with E-state index in [4.69, 9.17) is 5.11 Å². The average molecular weight is 288 g/mol. The first kappa shape index (κ1) is 14.0. The number of piperazine rings is 1. The Labute approximate surface area is 123 Å². The summed E-state index contributed by atoms with van der Waals surface area (Å²) in [6, 6.07) is 5.84. The molecule has 1 aliphatic rings. The summed E-state index contributed by atoms with van der Waals surface area (Å²) < 4.78 is 0. The van der Waals surface area contributed by atoms with E-state index >= 15 is 0 Å². The highest BCUT2D eigenvalue weighted by Gasteiger charge is 2.20. The van der Waals surface area contributed by atoms with Crippen molar-refractivity contribution in [3.8, 4) is 0 Å². The van der Waals surface area contributed by atoms with Crippen LogP contribution in [0.2, 0.25) is 0 Å². The van der Waals surface area contributed by atoms with E-state index in [1.807, 2.05) is 30.0 Å². The zero-order valence-electron chi connectivity index (χ0n) is 12.2. The Bertz CT molecular complexity index is 690. The number of rotatable bonds is 3. The third kappa shape index (κ3) is 2.77. The van der Waals surface area contributed by atoms with Gasteiger partial charge in [-0.05, 0) is 18.6 Å². The van der Waals surface area contributed by atoms with Crippen LogP contribution in [0.15, 0.2) is 23.0 Å². The van der Waals surface area contributed by atoms with Gasteiger partial charge in [-0.2, -0.15) is 0 Å². The molecule has 6 heteroatoms. The highest BCUT2D eigenvalue weighted by atomic mass is 16.3. The molecule has 2 N–H and O–H groups in total. The van der Waals surface area contributed by atoms with E-state index < -0.39 is 0 Å². The number of H-pyrrole nitrogens is 1. The number of aromatic nitrogens is 2. The van der Waals surface area contributed by atoms with Crippen molar-refractivity contribution in [2.45, 2.75) is 6.92 Å². The quantitative estimate of drug-likeness (QED) is 0.852. The Morgan fingerprint density at radius 3 is 2.76 bits per heavy atom. The highest BCUT2D eigenvalue weighted by molar-refractivity contribution is 5.78. The van der Waals surface area contributed by atoms with Crippen molar-refractivity contribution in [1.29, 1.82) is 0 Å². The lowest BCUT2D eigenvalue weighted by Gasteiger charge is -2.34. The van der Waals surface area contributed by atoms with Crippen molar-refractivity contribution in [2.75, 3.05) is 44.2 Å². The van der Waals surface area contributed by atoms with Gasteiger partial charge in [-0.25, -0.2) is 4.98 Å². The Balaban J connectivity index is 1.88. The summed E-state index contributed by atoms with van der Waals surface area (Å²) in [5, 5.41) is 8.97. The van der Waals surface area contributed by atoms with Gasteiger partial charge < -0.3 is 15.0 Å². The fourth-order valence-corrected chi connectivity index (χ4v) is 2.78. The minimum Gasteiger partial charge on any atom is -0.395 e. The third-order valence-electron chi connectivity index (χ3n) is 4.01. The maximum absolute atomic E-state index is 12.3. The molecule has 112 valence electrons. The summed E-state index contributed by atoms with van der Waals surface area (Å²) in [5.74, 6) is 0.497. The van der Waals surface area contributed by atoms with Gasteiger partial charge in [-0.1, -0.05) is 12.1 Å². The number of fused-ring (bicyclic) bond motifs is 1. The molecule has 1 aromatic heterocycles. The number of nitrogens with one attached hydrogen (secondary N) is 1. The molecule has 2 heterocycles. The zero-order chi connectivity index (χ0) is 14.8. The maximum Gasteiger partial charge on any atom is 0.291 e. The molecular weight excluding hydrogens is 268 g/mol. The van der Waals surface area contributed by atoms with Gasteiger partial charge in [0.2, 0.25) is 0 Å². The van der Waals surface area contributed by atoms with Crippen LogP contribution in [-0.2, 0) is 0 Å². The summed E-state index contributed by atoms with van der Waals surface area (Å²) in [6.07, 6.45) is 0. The van der Waals surface area contributed by atoms with Gasteiger partial charge in [0.15, 0.2) is 5.82 Å². The monoisotopic (exact) mass is 288 g/mol. The number of hydrogen-bond donors (Lipinski definition) is 2. The summed E-state index contributed by atoms with van der Waals surface area (Å²) in [6.45, 7) is 6.03. The van der Waals surface area contributed by atoms with E-state index in [9.17, 15) is 4.79 Å². The topological polar surface area (TPSA) is 72.5 Å². The molecule has 1 aromatic carbocycles. The van der Waals surface area contributed by atoms with E-state index in [2.05, 4.69) is 14.9 Å². The van der Waals surface area contributed by atoms with Gasteiger partial charge in [0.1, 0.15) is 0 Å². The minimum absolute atomic E-state index is 0.132. The molecule has 1 aliphatic heterocycles. The van der Waals surface area contributed by atoms with Crippen molar-refractivity contribution in [1.82, 2.24) is 14.9 Å². The molecular formula is C15H20N4O2. The lowest BCUT2D eigenvalue weighted by Crippen LogP contribution is -2.48. The SMILES string of the molecule is Cc1cccc2nc(N3CCN(CCO)CC3)c(=O)[nH]c12. The molecule has 2 aromatic rings. The van der Waals surface area contributed by atoms with Gasteiger partial charge in [0, 0.05) is 32.7 Å². The predicted molar refractivity (Wildman–Crippen MR) is 82.8 cm³/mol. The molecule has 6 nitrogen and oxygen atoms in total. The summed E-state index contributed by atoms with van der Waals surface area (Å²) in [7, 11) is 0. The Kier molecular flexibility index (Phi) is 3.90. The van der Waals surface area contributed by atoms with Crippen molar-refractivity contribution < 1.29 is 5.11 Å². The molecule has 1 fully saturated rings. The number of aromatic amines is 1. The zero-order valence-corrected chi connectivity index (χ0v) is 12.2. The lowest BCUT2D eigenvalue weighted by molar-refractivity contribution is 0.188. The largest absolute Gasteiger partial charge is 0.395 e. The fraction of sp³-hybridized carbons (Fsp3) is 0.467. The van der Waals surface area contributed by atoms with Gasteiger partial charge in [0.05, 0.1) is 17.6 Å². The van der Waals surface area contributed by atoms with Crippen molar-refractivity contribution >= 4 is 16.9 Å². The second-order valence-corrected chi connectivity index (χ2v) is 5.41. The minimum atomic E-state index is -0.132. The maximum atomic E-state index is 12.3. The summed E-state index contributed by atoms with van der Waals surface area (Å²) >= 11 is 0. The third-order valence-corrected chi connectivity index (χ3v) is 4.01. The molecule has 0 atom stereocenters. The van der Waals surface area contributed by atoms with E-state index in [1.54, 1.807) is 0 Å². The fourth-order valence-electron chi connectivity index (χ4n) is 2.78. The first-order chi connectivity index (χ1) is 10.2. The van der Waals surface area contributed by atoms with Crippen LogP contribution in [0.25, 0.3) is 11.0 Å². The molecule has 0 aliphatic carbocycles. The van der Waals surface area contributed by atoms with Gasteiger partial charge in [-0.15, -0.1) is 0 Å². The lowest BCUT2D eigenvalue weighted by atomic mass is 10.2. The first-order valence-electron chi connectivity index (χ1n) is 7.27. The number of anilines is 1. The van der Waals surface area contributed by atoms with Crippen molar-refractivity contribution in [3.05, 3.63) is 34.1 Å². The molecule has 0 bridgehead atoms. The summed E-state index contributed by atoms with van der Waals surface area (Å²) in [5.41, 5.74) is 2.52. The number of β-amino-alcohol motifs (C(OH)–C–C–N with tert-alkyl or cyclic N) is 1. The van der Waals surface area contributed by atoms with Crippen LogP contribution in [0.1, 0.15) is 5.56 Å². The van der Waals surface area contributed by atoms with Crippen LogP contribution >= 0.6 is 0 Å². The van der Waals surface area contributed by atoms with Crippen molar-refractivity contribution in [3.63, 3.8) is 0 Å².